The van der Waals surface area contributed by atoms with Crippen LogP contribution in [0.25, 0.3) is 0 Å². The number of anilines is 2. The summed E-state index contributed by atoms with van der Waals surface area (Å²) in [4.78, 5) is 27.8. The zero-order valence-corrected chi connectivity index (χ0v) is 24.8. The normalized spacial score (nSPS) is 18.3. The maximum absolute atomic E-state index is 15.0. The number of amides is 1. The van der Waals surface area contributed by atoms with Crippen LogP contribution in [0, 0.1) is 36.4 Å². The Kier molecular flexibility index (Phi) is 7.72. The molecule has 0 radical (unpaired) electrons. The van der Waals surface area contributed by atoms with Gasteiger partial charge < -0.3 is 11.1 Å². The molecule has 1 aromatic heterocycles. The summed E-state index contributed by atoms with van der Waals surface area (Å²) in [6.45, 7) is 7.97. The van der Waals surface area contributed by atoms with Gasteiger partial charge in [-0.1, -0.05) is 61.2 Å². The number of thioether (sulfide) groups is 1. The predicted octanol–water partition coefficient (Wildman–Crippen LogP) is 5.97. The number of Topliss-reactive ketones (excluding diaryl/α,β-unsaturated/α-hetero) is 1. The van der Waals surface area contributed by atoms with Crippen molar-refractivity contribution in [3.05, 3.63) is 87.6 Å². The third-order valence-corrected chi connectivity index (χ3v) is 9.34. The van der Waals surface area contributed by atoms with E-state index in [1.807, 2.05) is 45.9 Å². The number of halogens is 1. The molecule has 1 aliphatic heterocycles. The van der Waals surface area contributed by atoms with E-state index in [2.05, 4.69) is 21.6 Å². The molecule has 8 nitrogen and oxygen atoms in total. The number of aryl methyl sites for hydroxylation is 2. The Hall–Kier alpha value is -4.01. The monoisotopic (exact) mass is 588 g/mol. The molecule has 210 valence electrons. The van der Waals surface area contributed by atoms with Gasteiger partial charge in [-0.25, -0.2) is 4.39 Å². The highest BCUT2D eigenvalue weighted by Gasteiger charge is 2.46. The lowest BCUT2D eigenvalue weighted by molar-refractivity contribution is -0.118. The number of rotatable bonds is 6. The Balaban J connectivity index is 1.46. The van der Waals surface area contributed by atoms with Crippen LogP contribution in [-0.2, 0) is 9.59 Å². The molecule has 11 heteroatoms. The number of aromatic nitrogens is 2. The summed E-state index contributed by atoms with van der Waals surface area (Å²) in [5.74, 6) is -1.55. The predicted molar refractivity (Wildman–Crippen MR) is 159 cm³/mol. The van der Waals surface area contributed by atoms with Gasteiger partial charge in [-0.15, -0.1) is 10.2 Å². The van der Waals surface area contributed by atoms with E-state index in [4.69, 9.17) is 5.73 Å². The van der Waals surface area contributed by atoms with Crippen LogP contribution in [0.5, 0.6) is 0 Å². The lowest BCUT2D eigenvalue weighted by Crippen LogP contribution is -2.42. The number of benzene rings is 2. The molecule has 1 amide bonds. The molecule has 1 atom stereocenters. The standard InChI is InChI=1S/C30H29FN6O2S2/c1-16-9-10-18(11-17(16)2)34-24(39)15-40-29-36-35-28(41-29)37-22-12-30(3,4)13-23(38)26(22)25(20(14-32)27(37)33)19-7-5-6-8-21(19)31/h5-11,25H,12-13,15,33H2,1-4H3,(H,34,39). The minimum atomic E-state index is -0.910. The zero-order chi connectivity index (χ0) is 29.5. The Morgan fingerprint density at radius 2 is 1.98 bits per heavy atom. The maximum atomic E-state index is 15.0. The summed E-state index contributed by atoms with van der Waals surface area (Å²) in [7, 11) is 0. The van der Waals surface area contributed by atoms with Crippen LogP contribution in [0.3, 0.4) is 0 Å². The highest BCUT2D eigenvalue weighted by molar-refractivity contribution is 8.01. The number of carbonyl (C=O) groups is 2. The highest BCUT2D eigenvalue weighted by Crippen LogP contribution is 2.51. The van der Waals surface area contributed by atoms with Crippen LogP contribution >= 0.6 is 23.1 Å². The molecule has 0 saturated heterocycles. The van der Waals surface area contributed by atoms with Crippen molar-refractivity contribution in [1.29, 1.82) is 5.26 Å². The van der Waals surface area contributed by atoms with E-state index in [1.165, 1.54) is 29.2 Å². The first-order valence-corrected chi connectivity index (χ1v) is 14.8. The van der Waals surface area contributed by atoms with Crippen molar-refractivity contribution < 1.29 is 14.0 Å². The molecule has 2 aliphatic rings. The number of nitrogens with two attached hydrogens (primary N) is 1. The van der Waals surface area contributed by atoms with Crippen LogP contribution < -0.4 is 16.0 Å². The van der Waals surface area contributed by atoms with Gasteiger partial charge in [0.05, 0.1) is 23.3 Å². The number of nitrogens with zero attached hydrogens (tertiary/aromatic N) is 4. The van der Waals surface area contributed by atoms with Gasteiger partial charge in [0.25, 0.3) is 0 Å². The smallest absolute Gasteiger partial charge is 0.234 e. The first-order valence-electron chi connectivity index (χ1n) is 13.0. The summed E-state index contributed by atoms with van der Waals surface area (Å²) in [5, 5.41) is 22.0. The van der Waals surface area contributed by atoms with E-state index < -0.39 is 11.7 Å². The fourth-order valence-corrected chi connectivity index (χ4v) is 6.92. The third kappa shape index (κ3) is 5.62. The molecule has 41 heavy (non-hydrogen) atoms. The van der Waals surface area contributed by atoms with Gasteiger partial charge in [0, 0.05) is 28.9 Å². The van der Waals surface area contributed by atoms with Crippen molar-refractivity contribution in [3.63, 3.8) is 0 Å². The van der Waals surface area contributed by atoms with Gasteiger partial charge in [-0.2, -0.15) is 5.26 Å². The first kappa shape index (κ1) is 28.5. The number of carbonyl (C=O) groups excluding carboxylic acids is 2. The van der Waals surface area contributed by atoms with E-state index in [9.17, 15) is 14.9 Å². The third-order valence-electron chi connectivity index (χ3n) is 7.30. The Bertz CT molecular complexity index is 1670. The summed E-state index contributed by atoms with van der Waals surface area (Å²) < 4.78 is 15.6. The van der Waals surface area contributed by atoms with Crippen molar-refractivity contribution in [2.24, 2.45) is 11.1 Å². The number of nitriles is 1. The first-order chi connectivity index (χ1) is 19.5. The van der Waals surface area contributed by atoms with Gasteiger partial charge >= 0.3 is 0 Å². The van der Waals surface area contributed by atoms with Crippen molar-refractivity contribution >= 4 is 45.6 Å². The Labute approximate surface area is 246 Å². The molecule has 0 saturated carbocycles. The van der Waals surface area contributed by atoms with E-state index in [0.29, 0.717) is 27.2 Å². The van der Waals surface area contributed by atoms with Crippen molar-refractivity contribution in [2.75, 3.05) is 16.0 Å². The van der Waals surface area contributed by atoms with Crippen molar-refractivity contribution in [3.8, 4) is 6.07 Å². The van der Waals surface area contributed by atoms with E-state index >= 15 is 4.39 Å². The van der Waals surface area contributed by atoms with Gasteiger partial charge in [-0.05, 0) is 55.0 Å². The van der Waals surface area contributed by atoms with Crippen LogP contribution in [0.1, 0.15) is 49.3 Å². The minimum absolute atomic E-state index is 0.0825. The number of ketones is 1. The van der Waals surface area contributed by atoms with E-state index in [-0.39, 0.29) is 46.2 Å². The van der Waals surface area contributed by atoms with Gasteiger partial charge in [0.1, 0.15) is 11.6 Å². The Morgan fingerprint density at radius 3 is 2.68 bits per heavy atom. The summed E-state index contributed by atoms with van der Waals surface area (Å²) in [6, 6.07) is 14.0. The van der Waals surface area contributed by atoms with Gasteiger partial charge in [0.15, 0.2) is 10.1 Å². The average Bonchev–Trinajstić information content (AvgIpc) is 3.37. The molecule has 1 unspecified atom stereocenters. The second kappa shape index (κ2) is 11.1. The number of allylic oxidation sites excluding steroid dienone is 3. The molecule has 0 spiro atoms. The fourth-order valence-electron chi connectivity index (χ4n) is 5.24. The number of nitrogens with one attached hydrogen (secondary N) is 1. The van der Waals surface area contributed by atoms with Crippen LogP contribution in [-0.4, -0.2) is 27.6 Å². The van der Waals surface area contributed by atoms with Gasteiger partial charge in [-0.3, -0.25) is 14.5 Å². The summed E-state index contributed by atoms with van der Waals surface area (Å²) in [5.41, 5.74) is 10.4. The second-order valence-corrected chi connectivity index (χ2v) is 13.2. The van der Waals surface area contributed by atoms with E-state index in [0.717, 1.165) is 16.8 Å². The second-order valence-electron chi connectivity index (χ2n) is 11.0. The maximum Gasteiger partial charge on any atom is 0.234 e. The molecule has 3 N–H and O–H groups in total. The molecule has 1 aliphatic carbocycles. The summed E-state index contributed by atoms with van der Waals surface area (Å²) in [6.07, 6.45) is 0.731. The molecule has 3 aromatic rings. The minimum Gasteiger partial charge on any atom is -0.384 e. The zero-order valence-electron chi connectivity index (χ0n) is 23.1. The quantitative estimate of drug-likeness (QED) is 0.338. The largest absolute Gasteiger partial charge is 0.384 e. The molecular formula is C30H29FN6O2S2. The highest BCUT2D eigenvalue weighted by atomic mass is 32.2. The SMILES string of the molecule is Cc1ccc(NC(=O)CSc2nnc(N3C(N)=C(C#N)C(c4ccccc4F)C4=C3CC(C)(C)CC4=O)s2)cc1C. The molecule has 0 fully saturated rings. The van der Waals surface area contributed by atoms with Gasteiger partial charge in [0.2, 0.25) is 11.0 Å². The lowest BCUT2D eigenvalue weighted by Gasteiger charge is -2.42. The molecule has 0 bridgehead atoms. The van der Waals surface area contributed by atoms with Crippen molar-refractivity contribution in [2.45, 2.75) is 50.8 Å². The lowest BCUT2D eigenvalue weighted by atomic mass is 9.68. The van der Waals surface area contributed by atoms with Crippen LogP contribution in [0.4, 0.5) is 15.2 Å². The van der Waals surface area contributed by atoms with Crippen molar-refractivity contribution in [1.82, 2.24) is 10.2 Å². The molecule has 2 heterocycles. The van der Waals surface area contributed by atoms with E-state index in [1.54, 1.807) is 23.1 Å². The number of hydrogen-bond acceptors (Lipinski definition) is 9. The Morgan fingerprint density at radius 1 is 1.22 bits per heavy atom. The van der Waals surface area contributed by atoms with Crippen LogP contribution in [0.15, 0.2) is 69.5 Å². The molecule has 2 aromatic carbocycles. The number of hydrogen-bond donors (Lipinski definition) is 2. The molecule has 5 rings (SSSR count). The van der Waals surface area contributed by atoms with Crippen LogP contribution in [0.2, 0.25) is 0 Å². The average molecular weight is 589 g/mol. The molecular weight excluding hydrogens is 560 g/mol. The summed E-state index contributed by atoms with van der Waals surface area (Å²) >= 11 is 2.44. The topological polar surface area (TPSA) is 125 Å². The fraction of sp³-hybridized carbons (Fsp3) is 0.300.